The smallest absolute Gasteiger partial charge is 0.261 e. The summed E-state index contributed by atoms with van der Waals surface area (Å²) in [6, 6.07) is 3.49. The summed E-state index contributed by atoms with van der Waals surface area (Å²) in [5, 5.41) is 9.22. The molecular weight excluding hydrogens is 258 g/mol. The fraction of sp³-hybridized carbons (Fsp3) is 0.100. The van der Waals surface area contributed by atoms with Gasteiger partial charge < -0.3 is 10.6 Å². The second-order valence-corrected chi connectivity index (χ2v) is 4.89. The lowest BCUT2D eigenvalue weighted by Gasteiger charge is -2.03. The van der Waals surface area contributed by atoms with Gasteiger partial charge in [0.2, 0.25) is 5.91 Å². The summed E-state index contributed by atoms with van der Waals surface area (Å²) in [7, 11) is 0. The van der Waals surface area contributed by atoms with Crippen molar-refractivity contribution in [2.45, 2.75) is 0 Å². The molecule has 0 aliphatic carbocycles. The average Bonchev–Trinajstić information content (AvgIpc) is 2.97. The summed E-state index contributed by atoms with van der Waals surface area (Å²) in [6.45, 7) is -0.0592. The molecule has 0 bridgehead atoms. The Bertz CT molecular complexity index is 494. The van der Waals surface area contributed by atoms with E-state index in [2.05, 4.69) is 15.6 Å². The molecule has 0 aromatic carbocycles. The first-order valence-corrected chi connectivity index (χ1v) is 6.52. The predicted molar refractivity (Wildman–Crippen MR) is 67.4 cm³/mol. The minimum atomic E-state index is -0.287. The van der Waals surface area contributed by atoms with Crippen LogP contribution in [0.1, 0.15) is 9.67 Å². The van der Waals surface area contributed by atoms with Crippen LogP contribution in [0.15, 0.2) is 29.1 Å². The third-order valence-electron chi connectivity index (χ3n) is 1.83. The van der Waals surface area contributed by atoms with E-state index in [9.17, 15) is 9.59 Å². The molecule has 0 saturated carbocycles. The summed E-state index contributed by atoms with van der Waals surface area (Å²) < 4.78 is 0. The van der Waals surface area contributed by atoms with Crippen molar-refractivity contribution in [2.24, 2.45) is 0 Å². The molecule has 88 valence electrons. The first kappa shape index (κ1) is 11.7. The quantitative estimate of drug-likeness (QED) is 0.883. The highest BCUT2D eigenvalue weighted by Gasteiger charge is 2.09. The van der Waals surface area contributed by atoms with Gasteiger partial charge in [-0.25, -0.2) is 4.98 Å². The molecule has 2 amide bonds. The maximum Gasteiger partial charge on any atom is 0.261 e. The number of rotatable bonds is 4. The summed E-state index contributed by atoms with van der Waals surface area (Å²) >= 11 is 2.66. The van der Waals surface area contributed by atoms with Gasteiger partial charge in [-0.05, 0) is 11.4 Å². The highest BCUT2D eigenvalue weighted by atomic mass is 32.1. The Morgan fingerprint density at radius 3 is 2.82 bits per heavy atom. The number of hydrogen-bond acceptors (Lipinski definition) is 5. The first-order chi connectivity index (χ1) is 8.25. The van der Waals surface area contributed by atoms with Crippen molar-refractivity contribution < 1.29 is 9.59 Å². The van der Waals surface area contributed by atoms with Crippen molar-refractivity contribution in [1.82, 2.24) is 10.3 Å². The Labute approximate surface area is 106 Å². The van der Waals surface area contributed by atoms with Crippen LogP contribution in [0.2, 0.25) is 0 Å². The lowest BCUT2D eigenvalue weighted by molar-refractivity contribution is -0.115. The van der Waals surface area contributed by atoms with Crippen molar-refractivity contribution in [3.63, 3.8) is 0 Å². The van der Waals surface area contributed by atoms with Crippen LogP contribution in [0.5, 0.6) is 0 Å². The first-order valence-electron chi connectivity index (χ1n) is 4.77. The van der Waals surface area contributed by atoms with Gasteiger partial charge in [0, 0.05) is 11.6 Å². The normalized spacial score (nSPS) is 9.88. The molecule has 0 atom stereocenters. The van der Waals surface area contributed by atoms with Gasteiger partial charge in [-0.1, -0.05) is 6.07 Å². The van der Waals surface area contributed by atoms with Crippen LogP contribution in [0.3, 0.4) is 0 Å². The van der Waals surface area contributed by atoms with Gasteiger partial charge in [0.25, 0.3) is 5.91 Å². The number of thiophene rings is 1. The largest absolute Gasteiger partial charge is 0.342 e. The molecule has 2 N–H and O–H groups in total. The Morgan fingerprint density at radius 1 is 1.29 bits per heavy atom. The van der Waals surface area contributed by atoms with E-state index in [4.69, 9.17) is 0 Å². The number of nitrogens with zero attached hydrogens (tertiary/aromatic N) is 1. The standard InChI is InChI=1S/C10H9N3O2S2/c14-8(13-10-11-3-5-17-10)6-12-9(15)7-2-1-4-16-7/h1-5H,6H2,(H,12,15)(H,11,13,14). The topological polar surface area (TPSA) is 71.1 Å². The third-order valence-corrected chi connectivity index (χ3v) is 3.39. The van der Waals surface area contributed by atoms with Crippen LogP contribution >= 0.6 is 22.7 Å². The lowest BCUT2D eigenvalue weighted by Crippen LogP contribution is -2.32. The maximum atomic E-state index is 11.5. The zero-order chi connectivity index (χ0) is 12.1. The second-order valence-electron chi connectivity index (χ2n) is 3.05. The Morgan fingerprint density at radius 2 is 2.18 bits per heavy atom. The van der Waals surface area contributed by atoms with Crippen LogP contribution in [-0.4, -0.2) is 23.3 Å². The Hall–Kier alpha value is -1.73. The molecule has 0 aliphatic heterocycles. The van der Waals surface area contributed by atoms with Crippen LogP contribution in [0.25, 0.3) is 0 Å². The molecule has 0 saturated heterocycles. The van der Waals surface area contributed by atoms with Crippen LogP contribution in [0, 0.1) is 0 Å². The number of nitrogens with one attached hydrogen (secondary N) is 2. The van der Waals surface area contributed by atoms with Crippen LogP contribution in [0.4, 0.5) is 5.13 Å². The lowest BCUT2D eigenvalue weighted by atomic mass is 10.4. The number of thiazole rings is 1. The number of aromatic nitrogens is 1. The van der Waals surface area contributed by atoms with Crippen molar-refractivity contribution in [2.75, 3.05) is 11.9 Å². The van der Waals surface area contributed by atoms with E-state index in [1.807, 2.05) is 5.38 Å². The van der Waals surface area contributed by atoms with E-state index in [0.717, 1.165) is 0 Å². The van der Waals surface area contributed by atoms with Crippen molar-refractivity contribution in [3.8, 4) is 0 Å². The zero-order valence-corrected chi connectivity index (χ0v) is 10.3. The SMILES string of the molecule is O=C(CNC(=O)c1cccs1)Nc1nccs1. The zero-order valence-electron chi connectivity index (χ0n) is 8.67. The monoisotopic (exact) mass is 267 g/mol. The number of carbonyl (C=O) groups excluding carboxylic acids is 2. The molecule has 0 radical (unpaired) electrons. The number of anilines is 1. The van der Waals surface area contributed by atoms with E-state index >= 15 is 0 Å². The number of hydrogen-bond donors (Lipinski definition) is 2. The van der Waals surface area contributed by atoms with E-state index in [1.165, 1.54) is 22.7 Å². The third kappa shape index (κ3) is 3.36. The summed E-state index contributed by atoms with van der Waals surface area (Å²) in [5.74, 6) is -0.529. The summed E-state index contributed by atoms with van der Waals surface area (Å²) in [4.78, 5) is 27.4. The van der Waals surface area contributed by atoms with Crippen molar-refractivity contribution in [3.05, 3.63) is 34.0 Å². The second kappa shape index (κ2) is 5.55. The van der Waals surface area contributed by atoms with E-state index in [0.29, 0.717) is 10.0 Å². The molecule has 2 heterocycles. The van der Waals surface area contributed by atoms with Crippen LogP contribution < -0.4 is 10.6 Å². The Kier molecular flexibility index (Phi) is 3.84. The molecule has 0 unspecified atom stereocenters. The molecular formula is C10H9N3O2S2. The molecule has 2 aromatic heterocycles. The fourth-order valence-corrected chi connectivity index (χ4v) is 2.29. The summed E-state index contributed by atoms with van der Waals surface area (Å²) in [5.41, 5.74) is 0. The molecule has 7 heteroatoms. The van der Waals surface area contributed by atoms with E-state index < -0.39 is 0 Å². The summed E-state index contributed by atoms with van der Waals surface area (Å²) in [6.07, 6.45) is 1.60. The van der Waals surface area contributed by atoms with Gasteiger partial charge in [-0.15, -0.1) is 22.7 Å². The van der Waals surface area contributed by atoms with Gasteiger partial charge in [-0.2, -0.15) is 0 Å². The average molecular weight is 267 g/mol. The molecule has 0 fully saturated rings. The van der Waals surface area contributed by atoms with Crippen LogP contribution in [-0.2, 0) is 4.79 Å². The molecule has 0 spiro atoms. The molecule has 0 aliphatic rings. The van der Waals surface area contributed by atoms with Gasteiger partial charge >= 0.3 is 0 Å². The van der Waals surface area contributed by atoms with Gasteiger partial charge in [-0.3, -0.25) is 9.59 Å². The van der Waals surface area contributed by atoms with E-state index in [1.54, 1.807) is 23.7 Å². The highest BCUT2D eigenvalue weighted by molar-refractivity contribution is 7.13. The number of carbonyl (C=O) groups is 2. The molecule has 2 aromatic rings. The van der Waals surface area contributed by atoms with Crippen molar-refractivity contribution in [1.29, 1.82) is 0 Å². The van der Waals surface area contributed by atoms with Gasteiger partial charge in [0.05, 0.1) is 11.4 Å². The maximum absolute atomic E-state index is 11.5. The minimum Gasteiger partial charge on any atom is -0.342 e. The van der Waals surface area contributed by atoms with Crippen molar-refractivity contribution >= 4 is 39.6 Å². The van der Waals surface area contributed by atoms with Gasteiger partial charge in [0.1, 0.15) is 0 Å². The highest BCUT2D eigenvalue weighted by Crippen LogP contribution is 2.10. The molecule has 17 heavy (non-hydrogen) atoms. The molecule has 2 rings (SSSR count). The number of amides is 2. The molecule has 5 nitrogen and oxygen atoms in total. The fourth-order valence-electron chi connectivity index (χ4n) is 1.10. The minimum absolute atomic E-state index is 0.0592. The Balaban J connectivity index is 1.79. The van der Waals surface area contributed by atoms with Gasteiger partial charge in [0.15, 0.2) is 5.13 Å². The van der Waals surface area contributed by atoms with E-state index in [-0.39, 0.29) is 18.4 Å². The predicted octanol–water partition coefficient (Wildman–Crippen LogP) is 1.57.